The van der Waals surface area contributed by atoms with Crippen molar-refractivity contribution < 1.29 is 8.83 Å². The van der Waals surface area contributed by atoms with Crippen molar-refractivity contribution in [3.63, 3.8) is 0 Å². The standard InChI is InChI=1S/C31H24N2O2/c1-19(2)15-20-11-14-28-24(16-20)25(18-34-28)31-32-26-8-4-5-9-27(26)33(31)21-12-13-23-22-7-3-6-10-29(22)35-30(23)17-21/h3-14,16-19H,15H2,1-2H3. The summed E-state index contributed by atoms with van der Waals surface area (Å²) >= 11 is 0. The van der Waals surface area contributed by atoms with Gasteiger partial charge in [0.25, 0.3) is 0 Å². The summed E-state index contributed by atoms with van der Waals surface area (Å²) in [5.74, 6) is 1.45. The number of aromatic nitrogens is 2. The van der Waals surface area contributed by atoms with Crippen LogP contribution in [0, 0.1) is 5.92 Å². The average molecular weight is 457 g/mol. The minimum absolute atomic E-state index is 0.586. The molecule has 0 aliphatic carbocycles. The summed E-state index contributed by atoms with van der Waals surface area (Å²) in [5, 5.41) is 3.33. The molecule has 0 N–H and O–H groups in total. The number of nitrogens with zero attached hydrogens (tertiary/aromatic N) is 2. The van der Waals surface area contributed by atoms with Gasteiger partial charge in [-0.25, -0.2) is 4.98 Å². The summed E-state index contributed by atoms with van der Waals surface area (Å²) < 4.78 is 14.4. The first-order valence-corrected chi connectivity index (χ1v) is 12.1. The fourth-order valence-electron chi connectivity index (χ4n) is 5.17. The van der Waals surface area contributed by atoms with Crippen molar-refractivity contribution in [1.82, 2.24) is 9.55 Å². The molecule has 0 fully saturated rings. The van der Waals surface area contributed by atoms with Crippen molar-refractivity contribution in [2.75, 3.05) is 0 Å². The van der Waals surface area contributed by atoms with E-state index < -0.39 is 0 Å². The summed E-state index contributed by atoms with van der Waals surface area (Å²) in [5.41, 5.74) is 7.93. The van der Waals surface area contributed by atoms with Gasteiger partial charge in [-0.3, -0.25) is 4.57 Å². The van der Waals surface area contributed by atoms with Crippen LogP contribution in [0.25, 0.3) is 61.0 Å². The number of hydrogen-bond acceptors (Lipinski definition) is 3. The molecule has 0 unspecified atom stereocenters. The van der Waals surface area contributed by atoms with Crippen LogP contribution >= 0.6 is 0 Å². The number of fused-ring (bicyclic) bond motifs is 5. The topological polar surface area (TPSA) is 44.1 Å². The van der Waals surface area contributed by atoms with Crippen molar-refractivity contribution in [2.45, 2.75) is 20.3 Å². The third-order valence-electron chi connectivity index (χ3n) is 6.70. The third-order valence-corrected chi connectivity index (χ3v) is 6.70. The Hall–Kier alpha value is -4.31. The van der Waals surface area contributed by atoms with Crippen LogP contribution in [0.5, 0.6) is 0 Å². The zero-order valence-corrected chi connectivity index (χ0v) is 19.7. The third kappa shape index (κ3) is 3.17. The summed E-state index contributed by atoms with van der Waals surface area (Å²) in [4.78, 5) is 5.07. The monoisotopic (exact) mass is 456 g/mol. The van der Waals surface area contributed by atoms with Gasteiger partial charge in [-0.05, 0) is 60.4 Å². The maximum Gasteiger partial charge on any atom is 0.149 e. The highest BCUT2D eigenvalue weighted by molar-refractivity contribution is 6.05. The second-order valence-electron chi connectivity index (χ2n) is 9.62. The van der Waals surface area contributed by atoms with Crippen LogP contribution in [-0.2, 0) is 6.42 Å². The highest BCUT2D eigenvalue weighted by atomic mass is 16.3. The van der Waals surface area contributed by atoms with Gasteiger partial charge in [0.1, 0.15) is 28.8 Å². The van der Waals surface area contributed by atoms with Crippen molar-refractivity contribution >= 4 is 43.9 Å². The second kappa shape index (κ2) is 7.60. The number of hydrogen-bond donors (Lipinski definition) is 0. The Morgan fingerprint density at radius 1 is 0.771 bits per heavy atom. The Kier molecular flexibility index (Phi) is 4.37. The van der Waals surface area contributed by atoms with Crippen molar-refractivity contribution in [1.29, 1.82) is 0 Å². The fraction of sp³-hybridized carbons (Fsp3) is 0.129. The molecule has 3 aromatic heterocycles. The van der Waals surface area contributed by atoms with Gasteiger partial charge in [0, 0.05) is 22.2 Å². The molecule has 4 aromatic carbocycles. The first-order chi connectivity index (χ1) is 17.2. The first-order valence-electron chi connectivity index (χ1n) is 12.1. The average Bonchev–Trinajstić information content (AvgIpc) is 3.55. The molecule has 7 aromatic rings. The van der Waals surface area contributed by atoms with Crippen LogP contribution in [0.2, 0.25) is 0 Å². The number of benzene rings is 4. The molecule has 7 rings (SSSR count). The van der Waals surface area contributed by atoms with E-state index in [0.29, 0.717) is 5.92 Å². The Balaban J connectivity index is 1.48. The van der Waals surface area contributed by atoms with Crippen LogP contribution < -0.4 is 0 Å². The maximum absolute atomic E-state index is 6.20. The molecule has 0 saturated heterocycles. The summed E-state index contributed by atoms with van der Waals surface area (Å²) in [6, 6.07) is 29.3. The van der Waals surface area contributed by atoms with Crippen LogP contribution in [0.1, 0.15) is 19.4 Å². The van der Waals surface area contributed by atoms with E-state index in [4.69, 9.17) is 13.8 Å². The van der Waals surface area contributed by atoms with E-state index >= 15 is 0 Å². The lowest BCUT2D eigenvalue weighted by atomic mass is 10.0. The van der Waals surface area contributed by atoms with Gasteiger partial charge in [0.2, 0.25) is 0 Å². The number of furan rings is 2. The predicted octanol–water partition coefficient (Wildman–Crippen LogP) is 8.54. The largest absolute Gasteiger partial charge is 0.464 e. The maximum atomic E-state index is 6.20. The van der Waals surface area contributed by atoms with E-state index in [0.717, 1.165) is 67.4 Å². The molecular formula is C31H24N2O2. The molecule has 0 aliphatic rings. The minimum Gasteiger partial charge on any atom is -0.464 e. The van der Waals surface area contributed by atoms with Crippen LogP contribution in [0.15, 0.2) is 100 Å². The van der Waals surface area contributed by atoms with Crippen molar-refractivity contribution in [3.8, 4) is 17.1 Å². The van der Waals surface area contributed by atoms with Crippen LogP contribution in [-0.4, -0.2) is 9.55 Å². The fourth-order valence-corrected chi connectivity index (χ4v) is 5.17. The van der Waals surface area contributed by atoms with E-state index in [1.807, 2.05) is 30.5 Å². The van der Waals surface area contributed by atoms with E-state index in [1.165, 1.54) is 5.56 Å². The zero-order chi connectivity index (χ0) is 23.5. The SMILES string of the molecule is CC(C)Cc1ccc2occ(-c3nc4ccccc4n3-c3ccc4c(c3)oc3ccccc34)c2c1. The molecule has 35 heavy (non-hydrogen) atoms. The highest BCUT2D eigenvalue weighted by Gasteiger charge is 2.20. The molecule has 0 atom stereocenters. The Morgan fingerprint density at radius 3 is 2.51 bits per heavy atom. The smallest absolute Gasteiger partial charge is 0.149 e. The lowest BCUT2D eigenvalue weighted by Crippen LogP contribution is -1.97. The van der Waals surface area contributed by atoms with Crippen molar-refractivity contribution in [2.24, 2.45) is 5.92 Å². The number of imidazole rings is 1. The molecule has 0 radical (unpaired) electrons. The van der Waals surface area contributed by atoms with Crippen LogP contribution in [0.4, 0.5) is 0 Å². The molecule has 0 saturated carbocycles. The zero-order valence-electron chi connectivity index (χ0n) is 19.7. The molecule has 3 heterocycles. The minimum atomic E-state index is 0.586. The molecule has 0 bridgehead atoms. The van der Waals surface area contributed by atoms with Gasteiger partial charge >= 0.3 is 0 Å². The lowest BCUT2D eigenvalue weighted by Gasteiger charge is -2.09. The summed E-state index contributed by atoms with van der Waals surface area (Å²) in [6.07, 6.45) is 2.86. The Bertz CT molecular complexity index is 1870. The lowest BCUT2D eigenvalue weighted by molar-refractivity contribution is 0.615. The number of para-hydroxylation sites is 3. The molecule has 0 aliphatic heterocycles. The van der Waals surface area contributed by atoms with E-state index in [-0.39, 0.29) is 0 Å². The predicted molar refractivity (Wildman–Crippen MR) is 142 cm³/mol. The van der Waals surface area contributed by atoms with Gasteiger partial charge in [-0.2, -0.15) is 0 Å². The van der Waals surface area contributed by atoms with Crippen LogP contribution in [0.3, 0.4) is 0 Å². The number of rotatable bonds is 4. The highest BCUT2D eigenvalue weighted by Crippen LogP contribution is 2.37. The molecule has 170 valence electrons. The van der Waals surface area contributed by atoms with Gasteiger partial charge in [0.15, 0.2) is 0 Å². The molecule has 4 heteroatoms. The van der Waals surface area contributed by atoms with Gasteiger partial charge in [-0.1, -0.05) is 50.2 Å². The quantitative estimate of drug-likeness (QED) is 0.266. The second-order valence-corrected chi connectivity index (χ2v) is 9.62. The summed E-state index contributed by atoms with van der Waals surface area (Å²) in [7, 11) is 0. The summed E-state index contributed by atoms with van der Waals surface area (Å²) in [6.45, 7) is 4.49. The van der Waals surface area contributed by atoms with E-state index in [2.05, 4.69) is 79.1 Å². The van der Waals surface area contributed by atoms with Gasteiger partial charge in [-0.15, -0.1) is 0 Å². The van der Waals surface area contributed by atoms with E-state index in [1.54, 1.807) is 0 Å². The van der Waals surface area contributed by atoms with Gasteiger partial charge < -0.3 is 8.83 Å². The van der Waals surface area contributed by atoms with E-state index in [9.17, 15) is 0 Å². The normalized spacial score (nSPS) is 12.1. The molecule has 4 nitrogen and oxygen atoms in total. The molecular weight excluding hydrogens is 432 g/mol. The Morgan fingerprint density at radius 2 is 1.60 bits per heavy atom. The first kappa shape index (κ1) is 20.1. The molecule has 0 amide bonds. The van der Waals surface area contributed by atoms with Gasteiger partial charge in [0.05, 0.1) is 22.3 Å². The molecule has 0 spiro atoms. The Labute approximate surface area is 202 Å². The van der Waals surface area contributed by atoms with Crippen molar-refractivity contribution in [3.05, 3.63) is 96.8 Å².